The summed E-state index contributed by atoms with van der Waals surface area (Å²) in [5.41, 5.74) is -0.433. The lowest BCUT2D eigenvalue weighted by atomic mass is 9.77. The summed E-state index contributed by atoms with van der Waals surface area (Å²) in [6.45, 7) is 4.61. The highest BCUT2D eigenvalue weighted by atomic mass is 79.9. The van der Waals surface area contributed by atoms with Crippen LogP contribution in [0.4, 0.5) is 0 Å². The van der Waals surface area contributed by atoms with Gasteiger partial charge in [-0.3, -0.25) is 0 Å². The van der Waals surface area contributed by atoms with E-state index in [2.05, 4.69) is 33.2 Å². The van der Waals surface area contributed by atoms with E-state index >= 15 is 0 Å². The lowest BCUT2D eigenvalue weighted by Crippen LogP contribution is -2.57. The van der Waals surface area contributed by atoms with Crippen molar-refractivity contribution >= 4 is 44.5 Å². The second-order valence-electron chi connectivity index (χ2n) is 5.19. The minimum Gasteiger partial charge on any atom is -0.396 e. The fourth-order valence-electron chi connectivity index (χ4n) is 2.78. The topological polar surface area (TPSA) is 54.4 Å². The predicted molar refractivity (Wildman–Crippen MR) is 88.1 cm³/mol. The van der Waals surface area contributed by atoms with Gasteiger partial charge in [0.2, 0.25) is 0 Å². The molecule has 0 spiro atoms. The summed E-state index contributed by atoms with van der Waals surface area (Å²) in [6.07, 6.45) is 1.78. The second-order valence-corrected chi connectivity index (χ2v) is 7.48. The van der Waals surface area contributed by atoms with Crippen molar-refractivity contribution in [3.8, 4) is 0 Å². The molecule has 0 aliphatic carbocycles. The van der Waals surface area contributed by atoms with E-state index in [4.69, 9.17) is 17.0 Å². The molecule has 3 atom stereocenters. The van der Waals surface area contributed by atoms with Gasteiger partial charge in [-0.15, -0.1) is 11.3 Å². The van der Waals surface area contributed by atoms with Crippen LogP contribution in [0.25, 0.3) is 0 Å². The molecule has 7 heteroatoms. The summed E-state index contributed by atoms with van der Waals surface area (Å²) < 4.78 is 6.70. The van der Waals surface area contributed by atoms with E-state index in [1.807, 2.05) is 12.3 Å². The number of rotatable bonds is 4. The highest BCUT2D eigenvalue weighted by Gasteiger charge is 2.46. The standard InChI is InChI=1S/C13H19BrN2O2S2/c1-8-5-10(3-4-17)13(7-18-8,16-9(2)19)12-15-11(14)6-20-12/h6,8,10,17H,3-5,7H2,1-2H3,(H,16,19)/t8-,10+,13-/m0/s1. The van der Waals surface area contributed by atoms with Crippen LogP contribution in [0.5, 0.6) is 0 Å². The van der Waals surface area contributed by atoms with Gasteiger partial charge in [-0.05, 0) is 48.5 Å². The van der Waals surface area contributed by atoms with Crippen LogP contribution in [-0.4, -0.2) is 34.4 Å². The molecule has 1 aromatic heterocycles. The zero-order chi connectivity index (χ0) is 14.8. The molecule has 1 saturated heterocycles. The van der Waals surface area contributed by atoms with E-state index < -0.39 is 5.54 Å². The Kier molecular flexibility index (Phi) is 5.53. The molecule has 20 heavy (non-hydrogen) atoms. The molecule has 0 radical (unpaired) electrons. The van der Waals surface area contributed by atoms with E-state index in [1.165, 1.54) is 0 Å². The molecule has 1 fully saturated rings. The summed E-state index contributed by atoms with van der Waals surface area (Å²) in [5, 5.41) is 15.7. The molecule has 4 nitrogen and oxygen atoms in total. The van der Waals surface area contributed by atoms with Gasteiger partial charge in [0.1, 0.15) is 15.1 Å². The Bertz CT molecular complexity index is 483. The number of halogens is 1. The number of nitrogens with one attached hydrogen (secondary N) is 1. The third-order valence-electron chi connectivity index (χ3n) is 3.64. The Morgan fingerprint density at radius 1 is 1.75 bits per heavy atom. The number of thiocarbonyl (C=S) groups is 1. The molecular weight excluding hydrogens is 360 g/mol. The Balaban J connectivity index is 2.40. The second kappa shape index (κ2) is 6.79. The Morgan fingerprint density at radius 2 is 2.50 bits per heavy atom. The van der Waals surface area contributed by atoms with Crippen molar-refractivity contribution in [2.45, 2.75) is 38.3 Å². The van der Waals surface area contributed by atoms with Crippen molar-refractivity contribution in [3.63, 3.8) is 0 Å². The maximum absolute atomic E-state index is 9.40. The number of thiazole rings is 1. The predicted octanol–water partition coefficient (Wildman–Crippen LogP) is 2.85. The van der Waals surface area contributed by atoms with Gasteiger partial charge in [-0.25, -0.2) is 4.98 Å². The molecule has 0 saturated carbocycles. The van der Waals surface area contributed by atoms with Crippen LogP contribution in [0.2, 0.25) is 0 Å². The molecule has 2 heterocycles. The monoisotopic (exact) mass is 378 g/mol. The molecule has 0 amide bonds. The number of ether oxygens (including phenoxy) is 1. The zero-order valence-electron chi connectivity index (χ0n) is 11.6. The van der Waals surface area contributed by atoms with Crippen LogP contribution in [-0.2, 0) is 10.3 Å². The van der Waals surface area contributed by atoms with Gasteiger partial charge < -0.3 is 15.2 Å². The number of hydrogen-bond acceptors (Lipinski definition) is 5. The van der Waals surface area contributed by atoms with E-state index in [1.54, 1.807) is 11.3 Å². The third-order valence-corrected chi connectivity index (χ3v) is 5.47. The van der Waals surface area contributed by atoms with Crippen LogP contribution in [0.3, 0.4) is 0 Å². The molecule has 1 aliphatic heterocycles. The van der Waals surface area contributed by atoms with Gasteiger partial charge in [0, 0.05) is 12.0 Å². The molecule has 0 aromatic carbocycles. The summed E-state index contributed by atoms with van der Waals surface area (Å²) in [4.78, 5) is 5.29. The minimum absolute atomic E-state index is 0.157. The van der Waals surface area contributed by atoms with Gasteiger partial charge in [0.25, 0.3) is 0 Å². The highest BCUT2D eigenvalue weighted by molar-refractivity contribution is 9.10. The van der Waals surface area contributed by atoms with Crippen molar-refractivity contribution in [3.05, 3.63) is 15.0 Å². The maximum Gasteiger partial charge on any atom is 0.122 e. The van der Waals surface area contributed by atoms with Gasteiger partial charge in [0.15, 0.2) is 0 Å². The lowest BCUT2D eigenvalue weighted by Gasteiger charge is -2.45. The first kappa shape index (κ1) is 16.3. The fourth-order valence-corrected chi connectivity index (χ4v) is 4.44. The molecule has 0 bridgehead atoms. The van der Waals surface area contributed by atoms with E-state index in [-0.39, 0.29) is 18.6 Å². The van der Waals surface area contributed by atoms with Crippen molar-refractivity contribution in [2.24, 2.45) is 5.92 Å². The Labute approximate surface area is 137 Å². The average Bonchev–Trinajstić information content (AvgIpc) is 2.80. The first-order valence-electron chi connectivity index (χ1n) is 6.60. The van der Waals surface area contributed by atoms with Crippen molar-refractivity contribution in [2.75, 3.05) is 13.2 Å². The summed E-state index contributed by atoms with van der Waals surface area (Å²) in [5.74, 6) is 0.243. The summed E-state index contributed by atoms with van der Waals surface area (Å²) in [6, 6.07) is 0. The van der Waals surface area contributed by atoms with Crippen molar-refractivity contribution < 1.29 is 9.84 Å². The quantitative estimate of drug-likeness (QED) is 0.788. The first-order valence-corrected chi connectivity index (χ1v) is 8.68. The summed E-state index contributed by atoms with van der Waals surface area (Å²) in [7, 11) is 0. The number of aromatic nitrogens is 1. The minimum atomic E-state index is -0.433. The van der Waals surface area contributed by atoms with Gasteiger partial charge in [-0.1, -0.05) is 12.2 Å². The van der Waals surface area contributed by atoms with E-state index in [0.717, 1.165) is 21.0 Å². The number of nitrogens with zero attached hydrogens (tertiary/aromatic N) is 1. The van der Waals surface area contributed by atoms with Crippen LogP contribution >= 0.6 is 39.5 Å². The van der Waals surface area contributed by atoms with E-state index in [0.29, 0.717) is 13.0 Å². The highest BCUT2D eigenvalue weighted by Crippen LogP contribution is 2.41. The smallest absolute Gasteiger partial charge is 0.122 e. The molecule has 1 aromatic rings. The molecule has 2 rings (SSSR count). The maximum atomic E-state index is 9.40. The SMILES string of the molecule is CC(=S)N[C@@]1(c2nc(Br)cs2)CO[C@@H](C)C[C@H]1CCO. The average molecular weight is 379 g/mol. The molecule has 1 aliphatic rings. The van der Waals surface area contributed by atoms with Gasteiger partial charge in [-0.2, -0.15) is 0 Å². The Hall–Kier alpha value is -0.0800. The first-order chi connectivity index (χ1) is 9.48. The van der Waals surface area contributed by atoms with Crippen LogP contribution in [0.15, 0.2) is 9.98 Å². The van der Waals surface area contributed by atoms with Crippen LogP contribution < -0.4 is 5.32 Å². The normalized spacial score (nSPS) is 30.2. The largest absolute Gasteiger partial charge is 0.396 e. The van der Waals surface area contributed by atoms with Gasteiger partial charge >= 0.3 is 0 Å². The molecule has 0 unspecified atom stereocenters. The molecule has 2 N–H and O–H groups in total. The number of aliphatic hydroxyl groups excluding tert-OH is 1. The summed E-state index contributed by atoms with van der Waals surface area (Å²) >= 11 is 10.3. The van der Waals surface area contributed by atoms with Gasteiger partial charge in [0.05, 0.1) is 17.7 Å². The Morgan fingerprint density at radius 3 is 3.05 bits per heavy atom. The molecule has 112 valence electrons. The van der Waals surface area contributed by atoms with Crippen LogP contribution in [0, 0.1) is 5.92 Å². The van der Waals surface area contributed by atoms with Crippen molar-refractivity contribution in [1.29, 1.82) is 0 Å². The fraction of sp³-hybridized carbons (Fsp3) is 0.692. The zero-order valence-corrected chi connectivity index (χ0v) is 14.8. The lowest BCUT2D eigenvalue weighted by molar-refractivity contribution is -0.0666. The van der Waals surface area contributed by atoms with Crippen LogP contribution in [0.1, 0.15) is 31.7 Å². The molecular formula is C13H19BrN2O2S2. The van der Waals surface area contributed by atoms with E-state index in [9.17, 15) is 5.11 Å². The number of aliphatic hydroxyl groups is 1. The number of hydrogen-bond donors (Lipinski definition) is 2. The van der Waals surface area contributed by atoms with Crippen molar-refractivity contribution in [1.82, 2.24) is 10.3 Å². The third kappa shape index (κ3) is 3.39.